The highest BCUT2D eigenvalue weighted by atomic mass is 79.9. The Morgan fingerprint density at radius 3 is 2.61 bits per heavy atom. The predicted molar refractivity (Wildman–Crippen MR) is 134 cm³/mol. The van der Waals surface area contributed by atoms with Crippen LogP contribution in [0.15, 0.2) is 22.4 Å². The van der Waals surface area contributed by atoms with E-state index in [1.54, 1.807) is 5.57 Å². The molecule has 0 radical (unpaired) electrons. The Morgan fingerprint density at radius 2 is 2.00 bits per heavy atom. The molecule has 2 saturated carbocycles. The van der Waals surface area contributed by atoms with Gasteiger partial charge in [0.15, 0.2) is 13.9 Å². The van der Waals surface area contributed by atoms with Gasteiger partial charge >= 0.3 is 5.97 Å². The van der Waals surface area contributed by atoms with Gasteiger partial charge in [0, 0.05) is 6.42 Å². The first-order valence-corrected chi connectivity index (χ1v) is 16.0. The first kappa shape index (κ1) is 25.2. The average molecular weight is 512 g/mol. The second-order valence-electron chi connectivity index (χ2n) is 12.3. The maximum Gasteiger partial charge on any atom is 0.346 e. The SMILES string of the molecule is C[C@H](CCC1=CC(C)(O[Si](C)(C)C(C)(C)C)C(=O)O1)[C@H]1CCC2C(=CBr)CCC[C@]21C. The van der Waals surface area contributed by atoms with Crippen LogP contribution in [0.2, 0.25) is 18.1 Å². The van der Waals surface area contributed by atoms with Crippen LogP contribution in [0.25, 0.3) is 0 Å². The van der Waals surface area contributed by atoms with Crippen molar-refractivity contribution in [1.29, 1.82) is 0 Å². The van der Waals surface area contributed by atoms with Crippen molar-refractivity contribution in [2.45, 2.75) is 110 Å². The fourth-order valence-corrected chi connectivity index (χ4v) is 8.27. The second kappa shape index (κ2) is 8.75. The standard InChI is InChI=1S/C26H43BrO3Si/c1-18(21-13-14-22-19(17-27)10-9-15-25(21,22)5)11-12-20-16-26(6,23(28)29-20)30-31(7,8)24(2,3)4/h16-18,21-22H,9-15H2,1-8H3/t18-,21-,22?,25+,26?/m1/s1. The quantitative estimate of drug-likeness (QED) is 0.267. The summed E-state index contributed by atoms with van der Waals surface area (Å²) in [6, 6.07) is 0. The Balaban J connectivity index is 1.65. The number of halogens is 1. The van der Waals surface area contributed by atoms with Crippen molar-refractivity contribution in [1.82, 2.24) is 0 Å². The van der Waals surface area contributed by atoms with E-state index < -0.39 is 13.9 Å². The molecular formula is C26H43BrO3Si. The Kier molecular flexibility index (Phi) is 7.13. The minimum Gasteiger partial charge on any atom is -0.429 e. The van der Waals surface area contributed by atoms with Gasteiger partial charge in [-0.25, -0.2) is 4.79 Å². The van der Waals surface area contributed by atoms with E-state index in [1.165, 1.54) is 32.1 Å². The molecule has 0 amide bonds. The summed E-state index contributed by atoms with van der Waals surface area (Å²) in [6.45, 7) is 17.8. The summed E-state index contributed by atoms with van der Waals surface area (Å²) in [5.74, 6) is 2.66. The summed E-state index contributed by atoms with van der Waals surface area (Å²) < 4.78 is 12.2. The van der Waals surface area contributed by atoms with Gasteiger partial charge in [0.2, 0.25) is 0 Å². The summed E-state index contributed by atoms with van der Waals surface area (Å²) >= 11 is 3.63. The fourth-order valence-electron chi connectivity index (χ4n) is 6.21. The smallest absolute Gasteiger partial charge is 0.346 e. The van der Waals surface area contributed by atoms with Gasteiger partial charge < -0.3 is 9.16 Å². The van der Waals surface area contributed by atoms with Crippen molar-refractivity contribution in [2.75, 3.05) is 0 Å². The van der Waals surface area contributed by atoms with Crippen LogP contribution in [-0.2, 0) is 14.0 Å². The van der Waals surface area contributed by atoms with Crippen LogP contribution in [0.4, 0.5) is 0 Å². The van der Waals surface area contributed by atoms with Crippen LogP contribution in [0.5, 0.6) is 0 Å². The highest BCUT2D eigenvalue weighted by Crippen LogP contribution is 2.60. The molecule has 0 aromatic carbocycles. The van der Waals surface area contributed by atoms with Gasteiger partial charge in [0.05, 0.1) is 0 Å². The molecule has 3 aliphatic rings. The number of carbonyl (C=O) groups excluding carboxylic acids is 1. The molecule has 0 N–H and O–H groups in total. The molecule has 3 rings (SSSR count). The summed E-state index contributed by atoms with van der Waals surface area (Å²) in [7, 11) is -2.07. The van der Waals surface area contributed by atoms with E-state index in [-0.39, 0.29) is 11.0 Å². The molecule has 1 aliphatic heterocycles. The van der Waals surface area contributed by atoms with Gasteiger partial charge in [0.25, 0.3) is 0 Å². The van der Waals surface area contributed by atoms with Crippen molar-refractivity contribution in [2.24, 2.45) is 23.2 Å². The summed E-state index contributed by atoms with van der Waals surface area (Å²) in [4.78, 5) is 14.9. The average Bonchev–Trinajstić information content (AvgIpc) is 3.14. The first-order valence-electron chi connectivity index (χ1n) is 12.2. The molecule has 0 bridgehead atoms. The molecule has 5 atom stereocenters. The van der Waals surface area contributed by atoms with Crippen molar-refractivity contribution >= 4 is 30.2 Å². The molecular weight excluding hydrogens is 468 g/mol. The van der Waals surface area contributed by atoms with Crippen LogP contribution in [-0.4, -0.2) is 19.9 Å². The monoisotopic (exact) mass is 510 g/mol. The highest BCUT2D eigenvalue weighted by Gasteiger charge is 2.51. The van der Waals surface area contributed by atoms with Gasteiger partial charge in [-0.3, -0.25) is 0 Å². The number of fused-ring (bicyclic) bond motifs is 1. The largest absolute Gasteiger partial charge is 0.429 e. The summed E-state index contributed by atoms with van der Waals surface area (Å²) in [6.07, 6.45) is 10.4. The van der Waals surface area contributed by atoms with Crippen LogP contribution in [0.3, 0.4) is 0 Å². The molecule has 0 saturated heterocycles. The Morgan fingerprint density at radius 1 is 1.32 bits per heavy atom. The van der Waals surface area contributed by atoms with E-state index in [9.17, 15) is 4.79 Å². The maximum atomic E-state index is 12.7. The fraction of sp³-hybridized carbons (Fsp3) is 0.808. The number of allylic oxidation sites excluding steroid dienone is 2. The number of hydrogen-bond acceptors (Lipinski definition) is 3. The Bertz CT molecular complexity index is 765. The molecule has 2 unspecified atom stereocenters. The van der Waals surface area contributed by atoms with E-state index >= 15 is 0 Å². The van der Waals surface area contributed by atoms with Crippen molar-refractivity contribution < 1.29 is 14.0 Å². The number of carbonyl (C=O) groups is 1. The van der Waals surface area contributed by atoms with Gasteiger partial charge in [0.1, 0.15) is 5.76 Å². The molecule has 0 aromatic rings. The van der Waals surface area contributed by atoms with Crippen LogP contribution >= 0.6 is 15.9 Å². The van der Waals surface area contributed by atoms with E-state index in [1.807, 2.05) is 13.0 Å². The lowest BCUT2D eigenvalue weighted by Gasteiger charge is -2.44. The predicted octanol–water partition coefficient (Wildman–Crippen LogP) is 8.12. The Hall–Kier alpha value is -0.393. The molecule has 31 heavy (non-hydrogen) atoms. The minimum atomic E-state index is -2.07. The van der Waals surface area contributed by atoms with Crippen LogP contribution in [0.1, 0.15) is 86.5 Å². The summed E-state index contributed by atoms with van der Waals surface area (Å²) in [5.41, 5.74) is 1.09. The second-order valence-corrected chi connectivity index (χ2v) is 17.4. The molecule has 2 aliphatic carbocycles. The molecule has 176 valence electrons. The number of esters is 1. The van der Waals surface area contributed by atoms with Gasteiger partial charge in [-0.1, -0.05) is 56.1 Å². The number of hydrogen-bond donors (Lipinski definition) is 0. The van der Waals surface area contributed by atoms with Crippen LogP contribution in [0, 0.1) is 23.2 Å². The molecule has 0 spiro atoms. The molecule has 5 heteroatoms. The maximum absolute atomic E-state index is 12.7. The lowest BCUT2D eigenvalue weighted by atomic mass is 9.61. The topological polar surface area (TPSA) is 35.5 Å². The zero-order valence-corrected chi connectivity index (χ0v) is 23.5. The number of ether oxygens (including phenoxy) is 1. The van der Waals surface area contributed by atoms with Crippen molar-refractivity contribution in [3.8, 4) is 0 Å². The van der Waals surface area contributed by atoms with Crippen LogP contribution < -0.4 is 0 Å². The highest BCUT2D eigenvalue weighted by molar-refractivity contribution is 9.11. The number of cyclic esters (lactones) is 1. The lowest BCUT2D eigenvalue weighted by molar-refractivity contribution is -0.149. The first-order chi connectivity index (χ1) is 14.2. The normalized spacial score (nSPS) is 36.4. The summed E-state index contributed by atoms with van der Waals surface area (Å²) in [5, 5.41) is 0.0538. The van der Waals surface area contributed by atoms with Gasteiger partial charge in [-0.05, 0) is 97.8 Å². The lowest BCUT2D eigenvalue weighted by Crippen LogP contribution is -2.50. The van der Waals surface area contributed by atoms with E-state index in [0.29, 0.717) is 11.3 Å². The van der Waals surface area contributed by atoms with E-state index in [2.05, 4.69) is 68.6 Å². The molecule has 3 nitrogen and oxygen atoms in total. The minimum absolute atomic E-state index is 0.0538. The zero-order valence-electron chi connectivity index (χ0n) is 20.9. The van der Waals surface area contributed by atoms with Gasteiger partial charge in [-0.2, -0.15) is 0 Å². The van der Waals surface area contributed by atoms with Gasteiger partial charge in [-0.15, -0.1) is 0 Å². The van der Waals surface area contributed by atoms with E-state index in [0.717, 1.165) is 30.4 Å². The Labute approximate surface area is 199 Å². The molecule has 2 fully saturated rings. The molecule has 1 heterocycles. The third-order valence-electron chi connectivity index (χ3n) is 9.05. The molecule has 0 aromatic heterocycles. The van der Waals surface area contributed by atoms with Crippen molar-refractivity contribution in [3.63, 3.8) is 0 Å². The zero-order chi connectivity index (χ0) is 23.2. The van der Waals surface area contributed by atoms with Crippen molar-refractivity contribution in [3.05, 3.63) is 22.4 Å². The third-order valence-corrected chi connectivity index (χ3v) is 14.2. The number of rotatable bonds is 6. The van der Waals surface area contributed by atoms with E-state index in [4.69, 9.17) is 9.16 Å². The third kappa shape index (κ3) is 4.79.